The number of benzene rings is 2. The van der Waals surface area contributed by atoms with Crippen molar-refractivity contribution in [3.8, 4) is 16.9 Å². The first-order valence-corrected chi connectivity index (χ1v) is 9.00. The van der Waals surface area contributed by atoms with Gasteiger partial charge in [-0.25, -0.2) is 14.6 Å². The third-order valence-corrected chi connectivity index (χ3v) is 4.47. The van der Waals surface area contributed by atoms with Gasteiger partial charge in [0.2, 0.25) is 5.95 Å². The maximum absolute atomic E-state index is 5.97. The van der Waals surface area contributed by atoms with Crippen molar-refractivity contribution in [1.29, 1.82) is 0 Å². The molecule has 134 valence electrons. The van der Waals surface area contributed by atoms with Gasteiger partial charge in [0.05, 0.1) is 17.1 Å². The Morgan fingerprint density at radius 2 is 1.78 bits per heavy atom. The number of rotatable bonds is 5. The smallest absolute Gasteiger partial charge is 0.223 e. The largest absolute Gasteiger partial charge is 0.350 e. The SMILES string of the molecule is Cc1nn(-c2ccc(Cl)cc2)cc1-c1ccnc(NCc2ccccc2)n1. The van der Waals surface area contributed by atoms with E-state index in [1.165, 1.54) is 5.56 Å². The Balaban J connectivity index is 1.57. The molecule has 0 fully saturated rings. The van der Waals surface area contributed by atoms with Crippen molar-refractivity contribution in [3.05, 3.63) is 89.3 Å². The molecule has 0 saturated heterocycles. The highest BCUT2D eigenvalue weighted by Gasteiger charge is 2.11. The van der Waals surface area contributed by atoms with E-state index >= 15 is 0 Å². The number of nitrogens with one attached hydrogen (secondary N) is 1. The lowest BCUT2D eigenvalue weighted by atomic mass is 10.2. The molecular weight excluding hydrogens is 358 g/mol. The van der Waals surface area contributed by atoms with Gasteiger partial charge in [0.25, 0.3) is 0 Å². The van der Waals surface area contributed by atoms with Crippen LogP contribution in [-0.2, 0) is 6.54 Å². The molecule has 1 N–H and O–H groups in total. The van der Waals surface area contributed by atoms with Gasteiger partial charge in [-0.2, -0.15) is 5.10 Å². The van der Waals surface area contributed by atoms with Gasteiger partial charge < -0.3 is 5.32 Å². The topological polar surface area (TPSA) is 55.6 Å². The fourth-order valence-corrected chi connectivity index (χ4v) is 2.93. The van der Waals surface area contributed by atoms with Crippen LogP contribution in [0.4, 0.5) is 5.95 Å². The van der Waals surface area contributed by atoms with Crippen LogP contribution in [0.25, 0.3) is 16.9 Å². The molecule has 0 unspecified atom stereocenters. The number of aromatic nitrogens is 4. The van der Waals surface area contributed by atoms with Crippen molar-refractivity contribution in [3.63, 3.8) is 0 Å². The Morgan fingerprint density at radius 3 is 2.56 bits per heavy atom. The number of hydrogen-bond donors (Lipinski definition) is 1. The van der Waals surface area contributed by atoms with E-state index in [0.29, 0.717) is 17.5 Å². The molecule has 0 spiro atoms. The van der Waals surface area contributed by atoms with Gasteiger partial charge in [0.1, 0.15) is 0 Å². The summed E-state index contributed by atoms with van der Waals surface area (Å²) in [5.74, 6) is 0.593. The number of halogens is 1. The van der Waals surface area contributed by atoms with Crippen molar-refractivity contribution in [1.82, 2.24) is 19.7 Å². The van der Waals surface area contributed by atoms with Crippen molar-refractivity contribution in [2.24, 2.45) is 0 Å². The molecule has 0 saturated carbocycles. The minimum Gasteiger partial charge on any atom is -0.350 e. The first-order valence-electron chi connectivity index (χ1n) is 8.62. The zero-order valence-corrected chi connectivity index (χ0v) is 15.6. The summed E-state index contributed by atoms with van der Waals surface area (Å²) in [6.45, 7) is 2.65. The second-order valence-electron chi connectivity index (χ2n) is 6.15. The molecule has 5 nitrogen and oxygen atoms in total. The first-order chi connectivity index (χ1) is 13.2. The summed E-state index contributed by atoms with van der Waals surface area (Å²) >= 11 is 5.97. The molecule has 0 bridgehead atoms. The molecule has 2 heterocycles. The standard InChI is InChI=1S/C21H18ClN5/c1-15-19(14-27(26-15)18-9-7-17(22)8-10-18)20-11-12-23-21(25-20)24-13-16-5-3-2-4-6-16/h2-12,14H,13H2,1H3,(H,23,24,25). The van der Waals surface area contributed by atoms with Gasteiger partial charge in [-0.3, -0.25) is 0 Å². The summed E-state index contributed by atoms with van der Waals surface area (Å²) in [7, 11) is 0. The zero-order valence-electron chi connectivity index (χ0n) is 14.8. The van der Waals surface area contributed by atoms with E-state index in [0.717, 1.165) is 22.6 Å². The molecule has 0 radical (unpaired) electrons. The monoisotopic (exact) mass is 375 g/mol. The van der Waals surface area contributed by atoms with Crippen LogP contribution in [0, 0.1) is 6.92 Å². The average molecular weight is 376 g/mol. The van der Waals surface area contributed by atoms with E-state index in [4.69, 9.17) is 11.6 Å². The lowest BCUT2D eigenvalue weighted by Crippen LogP contribution is -2.03. The van der Waals surface area contributed by atoms with Gasteiger partial charge in [0, 0.05) is 29.5 Å². The highest BCUT2D eigenvalue weighted by Crippen LogP contribution is 2.23. The minimum atomic E-state index is 0.593. The third-order valence-electron chi connectivity index (χ3n) is 4.22. The minimum absolute atomic E-state index is 0.593. The Labute approximate surface area is 162 Å². The van der Waals surface area contributed by atoms with Crippen LogP contribution in [0.5, 0.6) is 0 Å². The predicted molar refractivity (Wildman–Crippen MR) is 108 cm³/mol. The summed E-state index contributed by atoms with van der Waals surface area (Å²) < 4.78 is 1.83. The summed E-state index contributed by atoms with van der Waals surface area (Å²) in [6.07, 6.45) is 3.73. The number of aryl methyl sites for hydroxylation is 1. The lowest BCUT2D eigenvalue weighted by Gasteiger charge is -2.06. The molecule has 6 heteroatoms. The van der Waals surface area contributed by atoms with Crippen LogP contribution in [-0.4, -0.2) is 19.7 Å². The van der Waals surface area contributed by atoms with E-state index < -0.39 is 0 Å². The quantitative estimate of drug-likeness (QED) is 0.538. The van der Waals surface area contributed by atoms with E-state index in [2.05, 4.69) is 32.5 Å². The summed E-state index contributed by atoms with van der Waals surface area (Å²) in [4.78, 5) is 8.96. The average Bonchev–Trinajstić information content (AvgIpc) is 3.10. The van der Waals surface area contributed by atoms with Crippen molar-refractivity contribution in [2.45, 2.75) is 13.5 Å². The molecule has 0 amide bonds. The Kier molecular flexibility index (Phi) is 4.85. The van der Waals surface area contributed by atoms with Crippen LogP contribution in [0.2, 0.25) is 5.02 Å². The Bertz CT molecular complexity index is 1040. The lowest BCUT2D eigenvalue weighted by molar-refractivity contribution is 0.863. The maximum atomic E-state index is 5.97. The summed E-state index contributed by atoms with van der Waals surface area (Å²) in [5.41, 5.74) is 4.83. The number of hydrogen-bond acceptors (Lipinski definition) is 4. The third kappa shape index (κ3) is 3.99. The molecule has 2 aromatic heterocycles. The highest BCUT2D eigenvalue weighted by atomic mass is 35.5. The summed E-state index contributed by atoms with van der Waals surface area (Å²) in [5, 5.41) is 8.58. The van der Waals surface area contributed by atoms with Gasteiger partial charge in [0.15, 0.2) is 0 Å². The molecule has 0 atom stereocenters. The van der Waals surface area contributed by atoms with Gasteiger partial charge in [-0.05, 0) is 42.8 Å². The second kappa shape index (κ2) is 7.60. The van der Waals surface area contributed by atoms with Crippen LogP contribution < -0.4 is 5.32 Å². The Morgan fingerprint density at radius 1 is 1.00 bits per heavy atom. The van der Waals surface area contributed by atoms with Gasteiger partial charge in [-0.15, -0.1) is 0 Å². The van der Waals surface area contributed by atoms with Crippen molar-refractivity contribution >= 4 is 17.5 Å². The van der Waals surface area contributed by atoms with Crippen LogP contribution in [0.15, 0.2) is 73.1 Å². The van der Waals surface area contributed by atoms with Crippen LogP contribution >= 0.6 is 11.6 Å². The van der Waals surface area contributed by atoms with Gasteiger partial charge in [-0.1, -0.05) is 41.9 Å². The van der Waals surface area contributed by atoms with Gasteiger partial charge >= 0.3 is 0 Å². The normalized spacial score (nSPS) is 10.7. The molecular formula is C21H18ClN5. The second-order valence-corrected chi connectivity index (χ2v) is 6.59. The molecule has 0 aliphatic carbocycles. The predicted octanol–water partition coefficient (Wildman–Crippen LogP) is 4.90. The maximum Gasteiger partial charge on any atom is 0.223 e. The molecule has 0 aliphatic rings. The fraction of sp³-hybridized carbons (Fsp3) is 0.0952. The first kappa shape index (κ1) is 17.2. The molecule has 27 heavy (non-hydrogen) atoms. The van der Waals surface area contributed by atoms with Crippen molar-refractivity contribution < 1.29 is 0 Å². The van der Waals surface area contributed by atoms with E-state index in [-0.39, 0.29) is 0 Å². The Hall–Kier alpha value is -3.18. The zero-order chi connectivity index (χ0) is 18.6. The summed E-state index contributed by atoms with van der Waals surface area (Å²) in [6, 6.07) is 19.6. The highest BCUT2D eigenvalue weighted by molar-refractivity contribution is 6.30. The molecule has 2 aromatic carbocycles. The van der Waals surface area contributed by atoms with E-state index in [9.17, 15) is 0 Å². The van der Waals surface area contributed by atoms with Crippen LogP contribution in [0.1, 0.15) is 11.3 Å². The number of anilines is 1. The molecule has 4 rings (SSSR count). The van der Waals surface area contributed by atoms with Crippen LogP contribution in [0.3, 0.4) is 0 Å². The fourth-order valence-electron chi connectivity index (χ4n) is 2.81. The van der Waals surface area contributed by atoms with E-state index in [1.54, 1.807) is 6.20 Å². The molecule has 4 aromatic rings. The molecule has 0 aliphatic heterocycles. The number of nitrogens with zero attached hydrogens (tertiary/aromatic N) is 4. The van der Waals surface area contributed by atoms with Crippen molar-refractivity contribution in [2.75, 3.05) is 5.32 Å². The van der Waals surface area contributed by atoms with E-state index in [1.807, 2.05) is 66.3 Å².